The Bertz CT molecular complexity index is 661. The number of methoxy groups -OCH3 is 2. The quantitative estimate of drug-likeness (QED) is 0.897. The van der Waals surface area contributed by atoms with E-state index in [9.17, 15) is 4.79 Å². The first-order chi connectivity index (χ1) is 11.7. The topological polar surface area (TPSA) is 74.6 Å². The molecule has 0 spiro atoms. The molecule has 2 saturated heterocycles. The summed E-state index contributed by atoms with van der Waals surface area (Å²) in [7, 11) is 3.22. The number of benzene rings is 1. The number of hydrogen-bond acceptors (Lipinski definition) is 6. The number of hydrogen-bond donors (Lipinski definition) is 1. The SMILES string of the molecule is COc1ccc(C2N[C@H](C(=O)N3CCC[C@H]3C#N)CS2)cc1OC. The molecule has 6 nitrogen and oxygen atoms in total. The number of amides is 1. The molecule has 2 aliphatic heterocycles. The molecule has 1 amide bonds. The molecule has 2 fully saturated rings. The summed E-state index contributed by atoms with van der Waals surface area (Å²) in [6, 6.07) is 7.49. The minimum absolute atomic E-state index is 0.0295. The third-order valence-electron chi connectivity index (χ3n) is 4.48. The highest BCUT2D eigenvalue weighted by Crippen LogP contribution is 2.38. The van der Waals surface area contributed by atoms with Crippen LogP contribution in [0, 0.1) is 11.3 Å². The van der Waals surface area contributed by atoms with Crippen molar-refractivity contribution in [2.75, 3.05) is 26.5 Å². The molecule has 2 aliphatic rings. The van der Waals surface area contributed by atoms with Gasteiger partial charge >= 0.3 is 0 Å². The first kappa shape index (κ1) is 16.9. The van der Waals surface area contributed by atoms with E-state index in [0.29, 0.717) is 23.8 Å². The van der Waals surface area contributed by atoms with Gasteiger partial charge in [0.2, 0.25) is 5.91 Å². The Morgan fingerprint density at radius 2 is 2.17 bits per heavy atom. The molecule has 1 aromatic carbocycles. The van der Waals surface area contributed by atoms with Gasteiger partial charge in [-0.2, -0.15) is 5.26 Å². The van der Waals surface area contributed by atoms with Gasteiger partial charge in [-0.15, -0.1) is 11.8 Å². The first-order valence-corrected chi connectivity index (χ1v) is 9.02. The number of carbonyl (C=O) groups is 1. The van der Waals surface area contributed by atoms with Crippen LogP contribution in [0.5, 0.6) is 11.5 Å². The Morgan fingerprint density at radius 3 is 2.88 bits per heavy atom. The number of likely N-dealkylation sites (tertiary alicyclic amines) is 1. The van der Waals surface area contributed by atoms with Crippen LogP contribution < -0.4 is 14.8 Å². The lowest BCUT2D eigenvalue weighted by Crippen LogP contribution is -2.46. The molecule has 128 valence electrons. The minimum atomic E-state index is -0.274. The summed E-state index contributed by atoms with van der Waals surface area (Å²) in [6.07, 6.45) is 1.68. The molecule has 0 aliphatic carbocycles. The monoisotopic (exact) mass is 347 g/mol. The third-order valence-corrected chi connectivity index (χ3v) is 5.74. The summed E-state index contributed by atoms with van der Waals surface area (Å²) in [4.78, 5) is 14.4. The molecule has 3 rings (SSSR count). The summed E-state index contributed by atoms with van der Waals surface area (Å²) >= 11 is 1.69. The van der Waals surface area contributed by atoms with Crippen molar-refractivity contribution >= 4 is 17.7 Å². The zero-order valence-electron chi connectivity index (χ0n) is 13.8. The number of ether oxygens (including phenoxy) is 2. The second-order valence-corrected chi connectivity index (χ2v) is 7.00. The van der Waals surface area contributed by atoms with E-state index in [2.05, 4.69) is 11.4 Å². The molecular formula is C17H21N3O3S. The van der Waals surface area contributed by atoms with Crippen LogP contribution in [0.3, 0.4) is 0 Å². The van der Waals surface area contributed by atoms with E-state index in [-0.39, 0.29) is 23.4 Å². The van der Waals surface area contributed by atoms with Gasteiger partial charge in [-0.05, 0) is 30.5 Å². The van der Waals surface area contributed by atoms with Crippen molar-refractivity contribution in [2.45, 2.75) is 30.3 Å². The lowest BCUT2D eigenvalue weighted by Gasteiger charge is -2.23. The van der Waals surface area contributed by atoms with Crippen LogP contribution in [0.15, 0.2) is 18.2 Å². The van der Waals surface area contributed by atoms with E-state index >= 15 is 0 Å². The molecule has 0 radical (unpaired) electrons. The number of thioether (sulfide) groups is 1. The zero-order valence-corrected chi connectivity index (χ0v) is 14.6. The fourth-order valence-electron chi connectivity index (χ4n) is 3.19. The third kappa shape index (κ3) is 3.17. The van der Waals surface area contributed by atoms with Crippen LogP contribution in [-0.2, 0) is 4.79 Å². The summed E-state index contributed by atoms with van der Waals surface area (Å²) in [5, 5.41) is 12.6. The van der Waals surface area contributed by atoms with Gasteiger partial charge in [-0.25, -0.2) is 0 Å². The largest absolute Gasteiger partial charge is 0.493 e. The Balaban J connectivity index is 1.69. The molecular weight excluding hydrogens is 326 g/mol. The average Bonchev–Trinajstić information content (AvgIpc) is 3.29. The van der Waals surface area contributed by atoms with E-state index in [0.717, 1.165) is 18.4 Å². The van der Waals surface area contributed by atoms with E-state index in [1.54, 1.807) is 30.9 Å². The maximum Gasteiger partial charge on any atom is 0.241 e. The van der Waals surface area contributed by atoms with Crippen molar-refractivity contribution in [3.63, 3.8) is 0 Å². The lowest BCUT2D eigenvalue weighted by atomic mass is 10.1. The van der Waals surface area contributed by atoms with Gasteiger partial charge in [0.15, 0.2) is 11.5 Å². The van der Waals surface area contributed by atoms with E-state index in [4.69, 9.17) is 14.7 Å². The van der Waals surface area contributed by atoms with Crippen LogP contribution >= 0.6 is 11.8 Å². The van der Waals surface area contributed by atoms with Crippen LogP contribution in [0.4, 0.5) is 0 Å². The van der Waals surface area contributed by atoms with Crippen molar-refractivity contribution in [3.8, 4) is 17.6 Å². The van der Waals surface area contributed by atoms with Crippen LogP contribution in [0.2, 0.25) is 0 Å². The summed E-state index contributed by atoms with van der Waals surface area (Å²) < 4.78 is 10.6. The molecule has 3 atom stereocenters. The van der Waals surface area contributed by atoms with Gasteiger partial charge in [-0.1, -0.05) is 6.07 Å². The van der Waals surface area contributed by atoms with E-state index in [1.807, 2.05) is 18.2 Å². The van der Waals surface area contributed by atoms with Crippen molar-refractivity contribution in [1.29, 1.82) is 5.26 Å². The Hall–Kier alpha value is -1.91. The highest BCUT2D eigenvalue weighted by Gasteiger charge is 2.37. The van der Waals surface area contributed by atoms with Crippen molar-refractivity contribution in [2.24, 2.45) is 0 Å². The molecule has 0 aromatic heterocycles. The molecule has 2 heterocycles. The molecule has 1 aromatic rings. The second-order valence-electron chi connectivity index (χ2n) is 5.87. The Morgan fingerprint density at radius 1 is 1.38 bits per heavy atom. The maximum absolute atomic E-state index is 12.7. The highest BCUT2D eigenvalue weighted by atomic mass is 32.2. The zero-order chi connectivity index (χ0) is 17.1. The van der Waals surface area contributed by atoms with Crippen molar-refractivity contribution in [1.82, 2.24) is 10.2 Å². The Labute approximate surface area is 146 Å². The van der Waals surface area contributed by atoms with Gasteiger partial charge in [0.05, 0.1) is 31.7 Å². The molecule has 1 unspecified atom stereocenters. The smallest absolute Gasteiger partial charge is 0.241 e. The normalized spacial score (nSPS) is 26.2. The summed E-state index contributed by atoms with van der Waals surface area (Å²) in [5.74, 6) is 2.10. The van der Waals surface area contributed by atoms with Crippen molar-refractivity contribution < 1.29 is 14.3 Å². The lowest BCUT2D eigenvalue weighted by molar-refractivity contribution is -0.132. The standard InChI is InChI=1S/C17H21N3O3S/c1-22-14-6-5-11(8-15(14)23-2)16-19-13(10-24-16)17(21)20-7-3-4-12(20)9-18/h5-6,8,12-13,16,19H,3-4,7,10H2,1-2H3/t12-,13-,16?/m0/s1. The number of nitriles is 1. The average molecular weight is 347 g/mol. The maximum atomic E-state index is 12.7. The predicted octanol–water partition coefficient (Wildman–Crippen LogP) is 1.92. The molecule has 24 heavy (non-hydrogen) atoms. The van der Waals surface area contributed by atoms with E-state index in [1.165, 1.54) is 0 Å². The summed E-state index contributed by atoms with van der Waals surface area (Å²) in [5.41, 5.74) is 1.05. The minimum Gasteiger partial charge on any atom is -0.493 e. The van der Waals surface area contributed by atoms with Gasteiger partial charge < -0.3 is 14.4 Å². The number of nitrogens with one attached hydrogen (secondary N) is 1. The number of nitrogens with zero attached hydrogens (tertiary/aromatic N) is 2. The number of rotatable bonds is 4. The second kappa shape index (κ2) is 7.32. The number of carbonyl (C=O) groups excluding carboxylic acids is 1. The molecule has 0 bridgehead atoms. The first-order valence-electron chi connectivity index (χ1n) is 7.97. The fourth-order valence-corrected chi connectivity index (χ4v) is 4.41. The van der Waals surface area contributed by atoms with Crippen LogP contribution in [0.1, 0.15) is 23.8 Å². The van der Waals surface area contributed by atoms with Gasteiger partial charge in [-0.3, -0.25) is 10.1 Å². The van der Waals surface area contributed by atoms with Crippen LogP contribution in [0.25, 0.3) is 0 Å². The molecule has 1 N–H and O–H groups in total. The van der Waals surface area contributed by atoms with Gasteiger partial charge in [0.1, 0.15) is 6.04 Å². The molecule has 7 heteroatoms. The van der Waals surface area contributed by atoms with Crippen molar-refractivity contribution in [3.05, 3.63) is 23.8 Å². The highest BCUT2D eigenvalue weighted by molar-refractivity contribution is 7.99. The van der Waals surface area contributed by atoms with Gasteiger partial charge in [0, 0.05) is 12.3 Å². The van der Waals surface area contributed by atoms with Gasteiger partial charge in [0.25, 0.3) is 0 Å². The molecule has 0 saturated carbocycles. The fraction of sp³-hybridized carbons (Fsp3) is 0.529. The van der Waals surface area contributed by atoms with E-state index < -0.39 is 0 Å². The van der Waals surface area contributed by atoms with Crippen LogP contribution in [-0.4, -0.2) is 49.4 Å². The predicted molar refractivity (Wildman–Crippen MR) is 92.0 cm³/mol. The summed E-state index contributed by atoms with van der Waals surface area (Å²) in [6.45, 7) is 0.681. The Kier molecular flexibility index (Phi) is 5.17.